The normalized spacial score (nSPS) is 11.7. The van der Waals surface area contributed by atoms with Crippen LogP contribution in [0.25, 0.3) is 44.4 Å². The number of rotatable bonds is 6. The quantitative estimate of drug-likeness (QED) is 0.172. The van der Waals surface area contributed by atoms with Crippen molar-refractivity contribution in [3.05, 3.63) is 136 Å². The maximum atomic E-state index is 14.9. The molecule has 1 unspecified atom stereocenters. The van der Waals surface area contributed by atoms with Crippen LogP contribution in [0.3, 0.4) is 0 Å². The van der Waals surface area contributed by atoms with Crippen molar-refractivity contribution in [3.63, 3.8) is 0 Å². The Hall–Kier alpha value is -5.03. The van der Waals surface area contributed by atoms with Gasteiger partial charge in [0.1, 0.15) is 5.82 Å². The van der Waals surface area contributed by atoms with Gasteiger partial charge in [0.15, 0.2) is 11.0 Å². The molecule has 1 heterocycles. The molecular weight excluding hydrogens is 607 g/mol. The molecule has 1 aromatic heterocycles. The Morgan fingerprint density at radius 1 is 0.867 bits per heavy atom. The topological polar surface area (TPSA) is 72.1 Å². The van der Waals surface area contributed by atoms with Crippen LogP contribution in [-0.2, 0) is 15.7 Å². The highest BCUT2D eigenvalue weighted by Gasteiger charge is 2.26. The molecule has 0 saturated carbocycles. The molecule has 0 bridgehead atoms. The Balaban J connectivity index is 1.68. The van der Waals surface area contributed by atoms with E-state index in [-0.39, 0.29) is 0 Å². The molecule has 6 rings (SSSR count). The molecule has 8 heteroatoms. The van der Waals surface area contributed by atoms with Gasteiger partial charge in [0.25, 0.3) is 0 Å². The third kappa shape index (κ3) is 5.55. The number of nitriles is 1. The van der Waals surface area contributed by atoms with Gasteiger partial charge in [-0.3, -0.25) is 3.97 Å². The minimum absolute atomic E-state index is 0.323. The van der Waals surface area contributed by atoms with Crippen molar-refractivity contribution >= 4 is 39.5 Å². The average Bonchev–Trinajstić information content (AvgIpc) is 3.38. The van der Waals surface area contributed by atoms with Crippen molar-refractivity contribution < 1.29 is 18.1 Å². The van der Waals surface area contributed by atoms with Crippen molar-refractivity contribution in [2.75, 3.05) is 7.11 Å². The molecule has 0 radical (unpaired) electrons. The van der Waals surface area contributed by atoms with Crippen LogP contribution >= 0.6 is 11.6 Å². The summed E-state index contributed by atoms with van der Waals surface area (Å²) in [5.41, 5.74) is 7.06. The first-order chi connectivity index (χ1) is 21.7. The van der Waals surface area contributed by atoms with Crippen LogP contribution in [0.15, 0.2) is 108 Å². The number of carbonyl (C=O) groups excluding carboxylic acids is 1. The zero-order chi connectivity index (χ0) is 31.8. The number of aryl methyl sites for hydroxylation is 2. The molecule has 222 valence electrons. The number of aromatic nitrogens is 1. The fraction of sp³-hybridized carbons (Fsp3) is 0.0811. The molecule has 6 aromatic rings. The second-order valence-electron chi connectivity index (χ2n) is 10.7. The summed E-state index contributed by atoms with van der Waals surface area (Å²) in [4.78, 5) is 12.6. The van der Waals surface area contributed by atoms with E-state index >= 15 is 0 Å². The number of nitrogens with zero attached hydrogens (tertiary/aromatic N) is 2. The number of ether oxygens (including phenoxy) is 1. The van der Waals surface area contributed by atoms with Crippen molar-refractivity contribution in [2.24, 2.45) is 0 Å². The lowest BCUT2D eigenvalue weighted by Gasteiger charge is -2.15. The highest BCUT2D eigenvalue weighted by Crippen LogP contribution is 2.44. The molecule has 0 fully saturated rings. The van der Waals surface area contributed by atoms with E-state index in [4.69, 9.17) is 16.3 Å². The second kappa shape index (κ2) is 12.2. The molecule has 0 aliphatic heterocycles. The van der Waals surface area contributed by atoms with Gasteiger partial charge < -0.3 is 4.74 Å². The minimum Gasteiger partial charge on any atom is -0.465 e. The smallest absolute Gasteiger partial charge is 0.337 e. The highest BCUT2D eigenvalue weighted by atomic mass is 35.5. The predicted molar refractivity (Wildman–Crippen MR) is 177 cm³/mol. The predicted octanol–water partition coefficient (Wildman–Crippen LogP) is 9.28. The summed E-state index contributed by atoms with van der Waals surface area (Å²) in [5.74, 6) is -0.950. The number of halogens is 2. The first-order valence-electron chi connectivity index (χ1n) is 14.0. The van der Waals surface area contributed by atoms with Gasteiger partial charge in [-0.15, -0.1) is 0 Å². The van der Waals surface area contributed by atoms with Crippen LogP contribution < -0.4 is 0 Å². The fourth-order valence-electron chi connectivity index (χ4n) is 5.50. The highest BCUT2D eigenvalue weighted by molar-refractivity contribution is 7.83. The van der Waals surface area contributed by atoms with Gasteiger partial charge in [-0.05, 0) is 79.6 Å². The Morgan fingerprint density at radius 2 is 1.58 bits per heavy atom. The molecule has 0 aliphatic carbocycles. The summed E-state index contributed by atoms with van der Waals surface area (Å²) < 4.78 is 36.0. The van der Waals surface area contributed by atoms with Crippen LogP contribution in [0.5, 0.6) is 0 Å². The summed E-state index contributed by atoms with van der Waals surface area (Å²) in [7, 11) is -0.437. The zero-order valence-electron chi connectivity index (χ0n) is 24.6. The molecule has 5 aromatic carbocycles. The number of benzene rings is 5. The first-order valence-corrected chi connectivity index (χ1v) is 15.5. The van der Waals surface area contributed by atoms with E-state index in [1.165, 1.54) is 19.2 Å². The van der Waals surface area contributed by atoms with Crippen molar-refractivity contribution in [3.8, 4) is 39.6 Å². The standard InChI is InChI=1S/C37H26ClFN2O3S/c1-22-7-12-29(13-8-22)45(43)41-34-16-11-28(39)20-32(34)35(31-14-9-23(2)17-27(31)21-40)36(41)25-6-4-5-24(18-25)30-15-10-26(19-33(30)38)37(42)44-3/h4-20H,1-3H3. The zero-order valence-corrected chi connectivity index (χ0v) is 26.2. The van der Waals surface area contributed by atoms with E-state index in [9.17, 15) is 18.7 Å². The van der Waals surface area contributed by atoms with Crippen LogP contribution in [0, 0.1) is 31.0 Å². The van der Waals surface area contributed by atoms with Gasteiger partial charge in [0.05, 0.1) is 40.4 Å². The summed E-state index contributed by atoms with van der Waals surface area (Å²) in [5, 5.41) is 11.1. The number of hydrogen-bond donors (Lipinski definition) is 0. The molecule has 0 amide bonds. The van der Waals surface area contributed by atoms with Gasteiger partial charge in [-0.25, -0.2) is 13.4 Å². The largest absolute Gasteiger partial charge is 0.465 e. The Kier molecular flexibility index (Phi) is 8.11. The summed E-state index contributed by atoms with van der Waals surface area (Å²) in [6.45, 7) is 3.86. The van der Waals surface area contributed by atoms with Crippen molar-refractivity contribution in [1.29, 1.82) is 5.26 Å². The molecule has 0 N–H and O–H groups in total. The van der Waals surface area contributed by atoms with Crippen molar-refractivity contribution in [2.45, 2.75) is 18.7 Å². The van der Waals surface area contributed by atoms with Crippen LogP contribution in [0.4, 0.5) is 4.39 Å². The maximum Gasteiger partial charge on any atom is 0.337 e. The Morgan fingerprint density at radius 3 is 2.29 bits per heavy atom. The van der Waals surface area contributed by atoms with Crippen LogP contribution in [-0.4, -0.2) is 21.3 Å². The molecule has 45 heavy (non-hydrogen) atoms. The van der Waals surface area contributed by atoms with Gasteiger partial charge in [0, 0.05) is 32.7 Å². The summed E-state index contributed by atoms with van der Waals surface area (Å²) >= 11 is 6.66. The minimum atomic E-state index is -1.75. The Bertz CT molecular complexity index is 2200. The van der Waals surface area contributed by atoms with E-state index in [0.29, 0.717) is 59.9 Å². The van der Waals surface area contributed by atoms with Gasteiger partial charge in [-0.1, -0.05) is 65.7 Å². The lowest BCUT2D eigenvalue weighted by atomic mass is 9.92. The second-order valence-corrected chi connectivity index (χ2v) is 12.4. The number of methoxy groups -OCH3 is 1. The third-order valence-electron chi connectivity index (χ3n) is 7.68. The van der Waals surface area contributed by atoms with Crippen LogP contribution in [0.2, 0.25) is 5.02 Å². The van der Waals surface area contributed by atoms with Gasteiger partial charge in [0.2, 0.25) is 0 Å². The monoisotopic (exact) mass is 632 g/mol. The molecule has 0 spiro atoms. The van der Waals surface area contributed by atoms with E-state index < -0.39 is 22.8 Å². The number of esters is 1. The number of fused-ring (bicyclic) bond motifs is 1. The van der Waals surface area contributed by atoms with Gasteiger partial charge in [-0.2, -0.15) is 5.26 Å². The van der Waals surface area contributed by atoms with Crippen LogP contribution in [0.1, 0.15) is 27.0 Å². The van der Waals surface area contributed by atoms with E-state index in [1.54, 1.807) is 34.3 Å². The molecular formula is C37H26ClFN2O3S. The van der Waals surface area contributed by atoms with E-state index in [2.05, 4.69) is 6.07 Å². The first kappa shape index (κ1) is 30.0. The molecule has 0 aliphatic rings. The average molecular weight is 633 g/mol. The fourth-order valence-corrected chi connectivity index (χ4v) is 7.07. The molecule has 0 saturated heterocycles. The van der Waals surface area contributed by atoms with Crippen molar-refractivity contribution in [1.82, 2.24) is 3.97 Å². The molecule has 5 nitrogen and oxygen atoms in total. The molecule has 1 atom stereocenters. The lowest BCUT2D eigenvalue weighted by Crippen LogP contribution is -2.07. The third-order valence-corrected chi connectivity index (χ3v) is 9.38. The number of carbonyl (C=O) groups is 1. The summed E-state index contributed by atoms with van der Waals surface area (Å²) in [6.07, 6.45) is 0. The SMILES string of the molecule is COC(=O)c1ccc(-c2cccc(-c3c(-c4ccc(C)cc4C#N)c4cc(F)ccc4n3S(=O)c3ccc(C)cc3)c2)c(Cl)c1. The Labute approximate surface area is 267 Å². The van der Waals surface area contributed by atoms with E-state index in [0.717, 1.165) is 16.7 Å². The van der Waals surface area contributed by atoms with E-state index in [1.807, 2.05) is 74.5 Å². The lowest BCUT2D eigenvalue weighted by molar-refractivity contribution is 0.0600. The van der Waals surface area contributed by atoms with Gasteiger partial charge >= 0.3 is 5.97 Å². The number of hydrogen-bond acceptors (Lipinski definition) is 4. The maximum absolute atomic E-state index is 14.9. The summed E-state index contributed by atoms with van der Waals surface area (Å²) in [6, 6.07) is 32.1.